The lowest BCUT2D eigenvalue weighted by molar-refractivity contribution is 0.610. The number of hydrogen-bond donors (Lipinski definition) is 2. The van der Waals surface area contributed by atoms with Gasteiger partial charge in [-0.15, -0.1) is 0 Å². The van der Waals surface area contributed by atoms with E-state index in [4.69, 9.17) is 5.73 Å². The lowest BCUT2D eigenvalue weighted by Crippen LogP contribution is -2.03. The summed E-state index contributed by atoms with van der Waals surface area (Å²) in [6.45, 7) is 1.02. The van der Waals surface area contributed by atoms with E-state index in [0.29, 0.717) is 5.56 Å². The first-order valence-electron chi connectivity index (χ1n) is 4.57. The number of halogens is 1. The van der Waals surface area contributed by atoms with Crippen molar-refractivity contribution in [1.82, 2.24) is 5.32 Å². The zero-order valence-electron chi connectivity index (χ0n) is 8.26. The van der Waals surface area contributed by atoms with Crippen molar-refractivity contribution in [2.75, 3.05) is 13.6 Å². The fourth-order valence-electron chi connectivity index (χ4n) is 1.15. The van der Waals surface area contributed by atoms with Crippen LogP contribution in [0, 0.1) is 5.82 Å². The topological polar surface area (TPSA) is 38.0 Å². The maximum absolute atomic E-state index is 13.2. The van der Waals surface area contributed by atoms with Gasteiger partial charge in [0, 0.05) is 18.7 Å². The highest BCUT2D eigenvalue weighted by Crippen LogP contribution is 2.10. The fourth-order valence-corrected chi connectivity index (χ4v) is 1.15. The van der Waals surface area contributed by atoms with Crippen molar-refractivity contribution in [2.24, 2.45) is 5.73 Å². The van der Waals surface area contributed by atoms with Gasteiger partial charge in [-0.25, -0.2) is 4.39 Å². The van der Waals surface area contributed by atoms with E-state index in [9.17, 15) is 4.39 Å². The van der Waals surface area contributed by atoms with Gasteiger partial charge in [-0.05, 0) is 18.7 Å². The van der Waals surface area contributed by atoms with Crippen LogP contribution in [0.5, 0.6) is 0 Å². The van der Waals surface area contributed by atoms with Crippen molar-refractivity contribution < 1.29 is 4.39 Å². The van der Waals surface area contributed by atoms with Gasteiger partial charge in [0.15, 0.2) is 0 Å². The van der Waals surface area contributed by atoms with E-state index < -0.39 is 0 Å². The molecule has 0 radical (unpaired) electrons. The molecule has 1 aromatic carbocycles. The molecule has 0 unspecified atom stereocenters. The Bertz CT molecular complexity index is 321. The lowest BCUT2D eigenvalue weighted by Gasteiger charge is -2.00. The first kappa shape index (κ1) is 10.9. The molecule has 0 amide bonds. The van der Waals surface area contributed by atoms with Crippen LogP contribution in [0.2, 0.25) is 0 Å². The first-order chi connectivity index (χ1) is 6.77. The number of benzene rings is 1. The highest BCUT2D eigenvalue weighted by molar-refractivity contribution is 5.50. The zero-order chi connectivity index (χ0) is 10.4. The van der Waals surface area contributed by atoms with Gasteiger partial charge in [0.1, 0.15) is 5.82 Å². The molecule has 0 aromatic heterocycles. The largest absolute Gasteiger partial charge is 0.326 e. The maximum Gasteiger partial charge on any atom is 0.128 e. The van der Waals surface area contributed by atoms with Crippen LogP contribution in [0.1, 0.15) is 11.1 Å². The van der Waals surface area contributed by atoms with Crippen molar-refractivity contribution in [1.29, 1.82) is 0 Å². The Morgan fingerprint density at radius 2 is 2.29 bits per heavy atom. The van der Waals surface area contributed by atoms with Crippen molar-refractivity contribution in [3.8, 4) is 0 Å². The molecule has 0 atom stereocenters. The van der Waals surface area contributed by atoms with Crippen LogP contribution in [0.15, 0.2) is 24.3 Å². The lowest BCUT2D eigenvalue weighted by atomic mass is 10.1. The Morgan fingerprint density at radius 3 is 2.86 bits per heavy atom. The molecule has 0 aliphatic carbocycles. The minimum atomic E-state index is -0.237. The quantitative estimate of drug-likeness (QED) is 0.762. The third kappa shape index (κ3) is 2.94. The molecule has 1 aromatic rings. The SMILES string of the molecule is CNCC=Cc1ccc(CN)c(F)c1. The minimum Gasteiger partial charge on any atom is -0.326 e. The maximum atomic E-state index is 13.2. The molecular formula is C11H15FN2. The van der Waals surface area contributed by atoms with Gasteiger partial charge >= 0.3 is 0 Å². The minimum absolute atomic E-state index is 0.237. The Balaban J connectivity index is 2.76. The number of likely N-dealkylation sites (N-methyl/N-ethyl adjacent to an activating group) is 1. The fraction of sp³-hybridized carbons (Fsp3) is 0.273. The highest BCUT2D eigenvalue weighted by Gasteiger charge is 1.99. The number of hydrogen-bond acceptors (Lipinski definition) is 2. The van der Waals surface area contributed by atoms with E-state index in [-0.39, 0.29) is 12.4 Å². The molecule has 3 heteroatoms. The second kappa shape index (κ2) is 5.52. The van der Waals surface area contributed by atoms with Crippen LogP contribution >= 0.6 is 0 Å². The third-order valence-corrected chi connectivity index (χ3v) is 1.93. The summed E-state index contributed by atoms with van der Waals surface area (Å²) >= 11 is 0. The summed E-state index contributed by atoms with van der Waals surface area (Å²) in [5, 5.41) is 2.97. The summed E-state index contributed by atoms with van der Waals surface area (Å²) < 4.78 is 13.2. The van der Waals surface area contributed by atoms with Gasteiger partial charge in [0.2, 0.25) is 0 Å². The van der Waals surface area contributed by atoms with Crippen molar-refractivity contribution in [2.45, 2.75) is 6.54 Å². The van der Waals surface area contributed by atoms with Crippen LogP contribution in [0.4, 0.5) is 4.39 Å². The van der Waals surface area contributed by atoms with E-state index in [1.54, 1.807) is 6.07 Å². The molecule has 0 aliphatic rings. The van der Waals surface area contributed by atoms with E-state index in [2.05, 4.69) is 5.32 Å². The molecule has 0 fully saturated rings. The summed E-state index contributed by atoms with van der Waals surface area (Å²) in [5.74, 6) is -0.237. The summed E-state index contributed by atoms with van der Waals surface area (Å²) in [6, 6.07) is 5.07. The van der Waals surface area contributed by atoms with Crippen LogP contribution in [-0.2, 0) is 6.54 Å². The Kier molecular flexibility index (Phi) is 4.29. The molecule has 0 spiro atoms. The second-order valence-corrected chi connectivity index (χ2v) is 3.02. The molecule has 0 heterocycles. The van der Waals surface area contributed by atoms with Gasteiger partial charge in [-0.3, -0.25) is 0 Å². The Hall–Kier alpha value is -1.19. The molecule has 14 heavy (non-hydrogen) atoms. The van der Waals surface area contributed by atoms with Gasteiger partial charge in [-0.1, -0.05) is 24.3 Å². The van der Waals surface area contributed by atoms with Crippen LogP contribution < -0.4 is 11.1 Å². The van der Waals surface area contributed by atoms with Gasteiger partial charge in [-0.2, -0.15) is 0 Å². The van der Waals surface area contributed by atoms with Crippen molar-refractivity contribution in [3.05, 3.63) is 41.2 Å². The molecule has 0 saturated heterocycles. The standard InChI is InChI=1S/C11H15FN2/c1-14-6-2-3-9-4-5-10(8-13)11(12)7-9/h2-5,7,14H,6,8,13H2,1H3. The Morgan fingerprint density at radius 1 is 1.50 bits per heavy atom. The molecular weight excluding hydrogens is 179 g/mol. The van der Waals surface area contributed by atoms with Crippen LogP contribution in [0.25, 0.3) is 6.08 Å². The van der Waals surface area contributed by atoms with Gasteiger partial charge in [0.05, 0.1) is 0 Å². The first-order valence-corrected chi connectivity index (χ1v) is 4.57. The third-order valence-electron chi connectivity index (χ3n) is 1.93. The van der Waals surface area contributed by atoms with Gasteiger partial charge in [0.25, 0.3) is 0 Å². The average Bonchev–Trinajstić information content (AvgIpc) is 2.18. The predicted octanol–water partition coefficient (Wildman–Crippen LogP) is 1.52. The van der Waals surface area contributed by atoms with E-state index in [1.165, 1.54) is 6.07 Å². The predicted molar refractivity (Wildman–Crippen MR) is 57.3 cm³/mol. The highest BCUT2D eigenvalue weighted by atomic mass is 19.1. The average molecular weight is 194 g/mol. The number of nitrogens with one attached hydrogen (secondary N) is 1. The molecule has 2 nitrogen and oxygen atoms in total. The summed E-state index contributed by atoms with van der Waals surface area (Å²) in [4.78, 5) is 0. The number of nitrogens with two attached hydrogens (primary N) is 1. The van der Waals surface area contributed by atoms with Gasteiger partial charge < -0.3 is 11.1 Å². The molecule has 3 N–H and O–H groups in total. The number of rotatable bonds is 4. The van der Waals surface area contributed by atoms with Crippen LogP contribution in [-0.4, -0.2) is 13.6 Å². The molecule has 0 bridgehead atoms. The summed E-state index contributed by atoms with van der Waals surface area (Å²) in [6.07, 6.45) is 3.82. The monoisotopic (exact) mass is 194 g/mol. The molecule has 1 rings (SSSR count). The van der Waals surface area contributed by atoms with E-state index >= 15 is 0 Å². The zero-order valence-corrected chi connectivity index (χ0v) is 8.26. The van der Waals surface area contributed by atoms with Crippen LogP contribution in [0.3, 0.4) is 0 Å². The summed E-state index contributed by atoms with van der Waals surface area (Å²) in [7, 11) is 1.86. The van der Waals surface area contributed by atoms with E-state index in [1.807, 2.05) is 25.3 Å². The molecule has 0 saturated carbocycles. The summed E-state index contributed by atoms with van der Waals surface area (Å²) in [5.41, 5.74) is 6.76. The second-order valence-electron chi connectivity index (χ2n) is 3.02. The van der Waals surface area contributed by atoms with Crippen molar-refractivity contribution in [3.63, 3.8) is 0 Å². The van der Waals surface area contributed by atoms with Crippen molar-refractivity contribution >= 4 is 6.08 Å². The normalized spacial score (nSPS) is 11.1. The molecule has 0 aliphatic heterocycles. The smallest absolute Gasteiger partial charge is 0.128 e. The van der Waals surface area contributed by atoms with E-state index in [0.717, 1.165) is 12.1 Å². The molecule has 76 valence electrons. The Labute approximate surface area is 83.6 Å².